The second-order valence-corrected chi connectivity index (χ2v) is 14.4. The molecule has 1 N–H and O–H groups in total. The highest BCUT2D eigenvalue weighted by atomic mass is 32.3. The Balaban J connectivity index is 1.45. The second-order valence-electron chi connectivity index (χ2n) is 11.3. The monoisotopic (exact) mass is 586 g/mol. The molecule has 2 aliphatic rings. The minimum absolute atomic E-state index is 0.800. The Hall–Kier alpha value is -4.99. The van der Waals surface area contributed by atoms with Gasteiger partial charge in [-0.3, -0.25) is 0 Å². The molecule has 0 spiro atoms. The van der Waals surface area contributed by atoms with Gasteiger partial charge in [0.25, 0.3) is 0 Å². The predicted molar refractivity (Wildman–Crippen MR) is 186 cm³/mol. The number of benzene rings is 5. The lowest BCUT2D eigenvalue weighted by Gasteiger charge is -2.43. The maximum absolute atomic E-state index is 3.47. The summed E-state index contributed by atoms with van der Waals surface area (Å²) in [7, 11) is -1.81. The molecule has 1 unspecified atom stereocenters. The van der Waals surface area contributed by atoms with E-state index < -0.39 is 10.0 Å². The lowest BCUT2D eigenvalue weighted by Crippen LogP contribution is -2.13. The molecule has 5 aromatic carbocycles. The summed E-state index contributed by atoms with van der Waals surface area (Å²) < 4.78 is 2.43. The van der Waals surface area contributed by atoms with Crippen LogP contribution in [0.3, 0.4) is 0 Å². The van der Waals surface area contributed by atoms with Gasteiger partial charge >= 0.3 is 0 Å². The Kier molecular flexibility index (Phi) is 6.81. The lowest BCUT2D eigenvalue weighted by atomic mass is 10.1. The molecule has 2 nitrogen and oxygen atoms in total. The van der Waals surface area contributed by atoms with Gasteiger partial charge in [-0.15, -0.1) is 10.0 Å². The number of fused-ring (bicyclic) bond motifs is 3. The number of rotatable bonds is 6. The summed E-state index contributed by atoms with van der Waals surface area (Å²) in [6, 6.07) is 49.3. The van der Waals surface area contributed by atoms with E-state index in [1.54, 1.807) is 0 Å². The Morgan fingerprint density at radius 2 is 1.30 bits per heavy atom. The molecule has 0 radical (unpaired) electrons. The largest absolute Gasteiger partial charge is 0.385 e. The van der Waals surface area contributed by atoms with Gasteiger partial charge in [0.15, 0.2) is 0 Å². The Morgan fingerprint density at radius 1 is 0.591 bits per heavy atom. The van der Waals surface area contributed by atoms with Crippen molar-refractivity contribution in [3.8, 4) is 16.8 Å². The number of para-hydroxylation sites is 1. The first-order chi connectivity index (χ1) is 21.8. The fourth-order valence-corrected chi connectivity index (χ4v) is 10.8. The van der Waals surface area contributed by atoms with Crippen molar-refractivity contribution in [1.82, 2.24) is 9.88 Å². The van der Waals surface area contributed by atoms with Gasteiger partial charge in [0.1, 0.15) is 0 Å². The third-order valence-electron chi connectivity index (χ3n) is 8.79. The summed E-state index contributed by atoms with van der Waals surface area (Å²) in [6.45, 7) is 0.800. The van der Waals surface area contributed by atoms with E-state index in [1.807, 2.05) is 0 Å². The normalized spacial score (nSPS) is 16.0. The lowest BCUT2D eigenvalue weighted by molar-refractivity contribution is 0.803. The zero-order valence-corrected chi connectivity index (χ0v) is 25.4. The molecule has 3 heteroatoms. The highest BCUT2D eigenvalue weighted by Gasteiger charge is 2.35. The molecule has 2 heterocycles. The molecule has 1 aliphatic carbocycles. The van der Waals surface area contributed by atoms with Crippen molar-refractivity contribution in [2.75, 3.05) is 0 Å². The first-order valence-electron chi connectivity index (χ1n) is 15.4. The summed E-state index contributed by atoms with van der Waals surface area (Å²) in [5, 5.41) is 4.77. The first kappa shape index (κ1) is 26.6. The van der Waals surface area contributed by atoms with Gasteiger partial charge in [-0.1, -0.05) is 97.1 Å². The van der Waals surface area contributed by atoms with Crippen molar-refractivity contribution in [1.29, 1.82) is 0 Å². The Labute approximate surface area is 261 Å². The van der Waals surface area contributed by atoms with E-state index in [0.717, 1.165) is 19.4 Å². The van der Waals surface area contributed by atoms with E-state index in [4.69, 9.17) is 0 Å². The molecule has 0 amide bonds. The van der Waals surface area contributed by atoms with Gasteiger partial charge in [0.2, 0.25) is 0 Å². The van der Waals surface area contributed by atoms with Gasteiger partial charge in [-0.05, 0) is 95.7 Å². The van der Waals surface area contributed by atoms with Gasteiger partial charge in [-0.25, -0.2) is 0 Å². The van der Waals surface area contributed by atoms with Crippen LogP contribution >= 0.6 is 10.0 Å². The SMILES string of the molecule is C1=CC(S(c2ccccc2)(c2cccc(-c3ccccc3)c2)c2ccc3c(c2)c2c(n3-c3ccccc3)CNC=C2)=CCC1. The summed E-state index contributed by atoms with van der Waals surface area (Å²) in [5.41, 5.74) is 7.53. The molecule has 1 atom stereocenters. The van der Waals surface area contributed by atoms with Crippen molar-refractivity contribution >= 4 is 27.0 Å². The molecular weight excluding hydrogens is 553 g/mol. The molecule has 0 bridgehead atoms. The average molecular weight is 587 g/mol. The van der Waals surface area contributed by atoms with Crippen molar-refractivity contribution in [2.24, 2.45) is 0 Å². The van der Waals surface area contributed by atoms with Crippen LogP contribution in [0.25, 0.3) is 33.8 Å². The van der Waals surface area contributed by atoms with Crippen LogP contribution in [0.2, 0.25) is 0 Å². The number of allylic oxidation sites excluding steroid dienone is 3. The highest BCUT2D eigenvalue weighted by molar-refractivity contribution is 8.37. The second kappa shape index (κ2) is 11.3. The fraction of sp³-hybridized carbons (Fsp3) is 0.0732. The van der Waals surface area contributed by atoms with Crippen LogP contribution in [0.4, 0.5) is 0 Å². The number of hydrogen-bond acceptors (Lipinski definition) is 1. The third kappa shape index (κ3) is 4.35. The minimum atomic E-state index is -1.81. The third-order valence-corrected chi connectivity index (χ3v) is 12.7. The quantitative estimate of drug-likeness (QED) is 0.205. The van der Waals surface area contributed by atoms with E-state index in [1.165, 1.54) is 58.6 Å². The summed E-state index contributed by atoms with van der Waals surface area (Å²) >= 11 is 0. The average Bonchev–Trinajstić information content (AvgIpc) is 3.44. The maximum atomic E-state index is 3.47. The van der Waals surface area contributed by atoms with Crippen molar-refractivity contribution in [3.63, 3.8) is 0 Å². The highest BCUT2D eigenvalue weighted by Crippen LogP contribution is 2.74. The summed E-state index contributed by atoms with van der Waals surface area (Å²) in [4.78, 5) is 5.49. The van der Waals surface area contributed by atoms with E-state index in [-0.39, 0.29) is 0 Å². The van der Waals surface area contributed by atoms with Crippen molar-refractivity contribution < 1.29 is 0 Å². The minimum Gasteiger partial charge on any atom is -0.385 e. The van der Waals surface area contributed by atoms with Crippen LogP contribution in [0.15, 0.2) is 177 Å². The van der Waals surface area contributed by atoms with Crippen LogP contribution < -0.4 is 5.32 Å². The molecule has 0 fully saturated rings. The molecular formula is C41H34N2S. The van der Waals surface area contributed by atoms with E-state index in [2.05, 4.69) is 174 Å². The molecule has 214 valence electrons. The van der Waals surface area contributed by atoms with Gasteiger partial charge < -0.3 is 9.88 Å². The zero-order valence-electron chi connectivity index (χ0n) is 24.6. The van der Waals surface area contributed by atoms with Gasteiger partial charge in [0, 0.05) is 31.3 Å². The van der Waals surface area contributed by atoms with Crippen LogP contribution in [0, 0.1) is 0 Å². The first-order valence-corrected chi connectivity index (χ1v) is 17.0. The molecule has 44 heavy (non-hydrogen) atoms. The molecule has 0 saturated heterocycles. The predicted octanol–water partition coefficient (Wildman–Crippen LogP) is 10.9. The smallest absolute Gasteiger partial charge is 0.0558 e. The van der Waals surface area contributed by atoms with Gasteiger partial charge in [-0.2, -0.15) is 0 Å². The Bertz CT molecular complexity index is 2050. The van der Waals surface area contributed by atoms with E-state index in [9.17, 15) is 0 Å². The number of hydrogen-bond donors (Lipinski definition) is 1. The van der Waals surface area contributed by atoms with Crippen LogP contribution in [-0.4, -0.2) is 4.57 Å². The molecule has 0 saturated carbocycles. The molecule has 1 aliphatic heterocycles. The number of aromatic nitrogens is 1. The van der Waals surface area contributed by atoms with Crippen molar-refractivity contribution in [3.05, 3.63) is 174 Å². The molecule has 8 rings (SSSR count). The zero-order chi connectivity index (χ0) is 29.3. The molecule has 6 aromatic rings. The van der Waals surface area contributed by atoms with E-state index >= 15 is 0 Å². The van der Waals surface area contributed by atoms with Crippen LogP contribution in [0.5, 0.6) is 0 Å². The molecule has 1 aromatic heterocycles. The summed E-state index contributed by atoms with van der Waals surface area (Å²) in [6.07, 6.45) is 13.7. The Morgan fingerprint density at radius 3 is 2.07 bits per heavy atom. The number of nitrogens with zero attached hydrogens (tertiary/aromatic N) is 1. The fourth-order valence-electron chi connectivity index (χ4n) is 6.82. The summed E-state index contributed by atoms with van der Waals surface area (Å²) in [5.74, 6) is 0. The number of nitrogens with one attached hydrogen (secondary N) is 1. The van der Waals surface area contributed by atoms with Crippen molar-refractivity contribution in [2.45, 2.75) is 34.1 Å². The topological polar surface area (TPSA) is 17.0 Å². The standard InChI is InChI=1S/C41H34N2S/c1-5-14-31(15-6-1)32-16-13-23-36(28-32)44(34-19-9-3-10-20-34,35-21-11-4-12-22-35)37-24-25-40-39(29-37)38-26-27-42-30-41(38)43(40)33-17-7-2-8-18-33/h1-3,5-11,13-29,42H,4,12,30H2. The van der Waals surface area contributed by atoms with Gasteiger partial charge in [0.05, 0.1) is 17.8 Å². The maximum Gasteiger partial charge on any atom is 0.0558 e. The van der Waals surface area contributed by atoms with E-state index in [0.29, 0.717) is 0 Å². The van der Waals surface area contributed by atoms with Crippen LogP contribution in [0.1, 0.15) is 24.1 Å². The van der Waals surface area contributed by atoms with Crippen LogP contribution in [-0.2, 0) is 6.54 Å².